The van der Waals surface area contributed by atoms with Gasteiger partial charge in [0.15, 0.2) is 0 Å². The number of imide groups is 1. The second-order valence-electron chi connectivity index (χ2n) is 7.44. The van der Waals surface area contributed by atoms with Crippen molar-refractivity contribution in [3.05, 3.63) is 64.7 Å². The number of hydrogen-bond donors (Lipinski definition) is 2. The van der Waals surface area contributed by atoms with E-state index in [1.165, 1.54) is 0 Å². The van der Waals surface area contributed by atoms with Crippen LogP contribution in [-0.4, -0.2) is 29.3 Å². The summed E-state index contributed by atoms with van der Waals surface area (Å²) < 4.78 is 38.9. The lowest BCUT2D eigenvalue weighted by Crippen LogP contribution is -2.44. The summed E-state index contributed by atoms with van der Waals surface area (Å²) in [4.78, 5) is 39.2. The van der Waals surface area contributed by atoms with Crippen LogP contribution >= 0.6 is 11.6 Å². The first kappa shape index (κ1) is 23.6. The van der Waals surface area contributed by atoms with Crippen LogP contribution < -0.4 is 10.6 Å². The van der Waals surface area contributed by atoms with E-state index in [9.17, 15) is 27.6 Å². The first-order chi connectivity index (χ1) is 15.1. The van der Waals surface area contributed by atoms with Crippen molar-refractivity contribution in [2.24, 2.45) is 0 Å². The molecule has 1 heterocycles. The van der Waals surface area contributed by atoms with E-state index in [-0.39, 0.29) is 10.7 Å². The highest BCUT2D eigenvalue weighted by Crippen LogP contribution is 2.35. The summed E-state index contributed by atoms with van der Waals surface area (Å²) >= 11 is 5.91. The van der Waals surface area contributed by atoms with Crippen LogP contribution in [0, 0.1) is 0 Å². The Balaban J connectivity index is 1.81. The molecule has 1 unspecified atom stereocenters. The molecule has 170 valence electrons. The zero-order chi connectivity index (χ0) is 23.5. The van der Waals surface area contributed by atoms with E-state index in [1.807, 2.05) is 6.92 Å². The monoisotopic (exact) mass is 467 g/mol. The molecule has 0 spiro atoms. The molecule has 0 saturated carbocycles. The number of carbonyl (C=O) groups excluding carboxylic acids is 3. The molecule has 0 aromatic heterocycles. The summed E-state index contributed by atoms with van der Waals surface area (Å²) in [5.74, 6) is -1.44. The third kappa shape index (κ3) is 4.72. The van der Waals surface area contributed by atoms with Crippen molar-refractivity contribution < 1.29 is 27.6 Å². The number of alkyl halides is 3. The summed E-state index contributed by atoms with van der Waals surface area (Å²) in [7, 11) is 0. The molecule has 6 nitrogen and oxygen atoms in total. The third-order valence-corrected chi connectivity index (χ3v) is 5.55. The molecule has 1 aliphatic rings. The summed E-state index contributed by atoms with van der Waals surface area (Å²) in [5, 5.41) is 4.86. The van der Waals surface area contributed by atoms with Gasteiger partial charge in [-0.25, -0.2) is 4.79 Å². The number of nitrogens with zero attached hydrogens (tertiary/aromatic N) is 1. The minimum atomic E-state index is -4.62. The van der Waals surface area contributed by atoms with E-state index in [4.69, 9.17) is 11.6 Å². The van der Waals surface area contributed by atoms with E-state index in [2.05, 4.69) is 10.6 Å². The maximum Gasteiger partial charge on any atom is 0.416 e. The Bertz CT molecular complexity index is 1030. The molecule has 4 amide bonds. The predicted molar refractivity (Wildman–Crippen MR) is 113 cm³/mol. The van der Waals surface area contributed by atoms with Gasteiger partial charge in [-0.2, -0.15) is 13.2 Å². The van der Waals surface area contributed by atoms with Crippen LogP contribution in [0.15, 0.2) is 48.5 Å². The first-order valence-corrected chi connectivity index (χ1v) is 10.3. The Hall–Kier alpha value is -3.07. The van der Waals surface area contributed by atoms with E-state index in [1.54, 1.807) is 30.3 Å². The van der Waals surface area contributed by atoms with Crippen molar-refractivity contribution in [1.82, 2.24) is 10.2 Å². The molecule has 0 aliphatic carbocycles. The number of amides is 4. The molecular formula is C22H21ClF3N3O3. The normalized spacial score (nSPS) is 18.6. The summed E-state index contributed by atoms with van der Waals surface area (Å²) in [6, 6.07) is 10.5. The van der Waals surface area contributed by atoms with E-state index >= 15 is 0 Å². The van der Waals surface area contributed by atoms with Gasteiger partial charge in [-0.05, 0) is 30.2 Å². The quantitative estimate of drug-likeness (QED) is 0.566. The van der Waals surface area contributed by atoms with Gasteiger partial charge in [0.1, 0.15) is 12.1 Å². The molecule has 0 bridgehead atoms. The number of halogens is 4. The number of rotatable bonds is 7. The van der Waals surface area contributed by atoms with Crippen molar-refractivity contribution in [3.63, 3.8) is 0 Å². The number of urea groups is 1. The fraction of sp³-hybridized carbons (Fsp3) is 0.318. The maximum atomic E-state index is 13.3. The van der Waals surface area contributed by atoms with Gasteiger partial charge in [0.2, 0.25) is 5.91 Å². The smallest absolute Gasteiger partial charge is 0.323 e. The van der Waals surface area contributed by atoms with Crippen LogP contribution in [0.4, 0.5) is 23.7 Å². The van der Waals surface area contributed by atoms with Gasteiger partial charge in [-0.15, -0.1) is 0 Å². The standard InChI is InChI=1S/C22H21ClF3N3O3/c1-2-3-11-21(14-7-5-4-6-8-14)19(31)29(20(32)28-21)13-18(30)27-17-12-15(22(24,25)26)9-10-16(17)23/h4-10,12H,2-3,11,13H2,1H3,(H,27,30)(H,28,32). The lowest BCUT2D eigenvalue weighted by atomic mass is 9.85. The van der Waals surface area contributed by atoms with Crippen molar-refractivity contribution in [2.75, 3.05) is 11.9 Å². The minimum Gasteiger partial charge on any atom is -0.323 e. The van der Waals surface area contributed by atoms with Crippen LogP contribution in [-0.2, 0) is 21.3 Å². The van der Waals surface area contributed by atoms with Crippen molar-refractivity contribution in [3.8, 4) is 0 Å². The van der Waals surface area contributed by atoms with Crippen molar-refractivity contribution >= 4 is 35.1 Å². The van der Waals surface area contributed by atoms with Crippen molar-refractivity contribution in [2.45, 2.75) is 37.9 Å². The summed E-state index contributed by atoms with van der Waals surface area (Å²) in [6.45, 7) is 1.28. The van der Waals surface area contributed by atoms with E-state index < -0.39 is 41.7 Å². The highest BCUT2D eigenvalue weighted by atomic mass is 35.5. The van der Waals surface area contributed by atoms with E-state index in [0.717, 1.165) is 23.5 Å². The maximum absolute atomic E-state index is 13.3. The largest absolute Gasteiger partial charge is 0.416 e. The Morgan fingerprint density at radius 2 is 1.84 bits per heavy atom. The molecule has 2 aromatic rings. The van der Waals surface area contributed by atoms with Crippen LogP contribution in [0.3, 0.4) is 0 Å². The van der Waals surface area contributed by atoms with Gasteiger partial charge in [-0.1, -0.05) is 61.7 Å². The Labute approximate surface area is 187 Å². The number of anilines is 1. The third-order valence-electron chi connectivity index (χ3n) is 5.22. The minimum absolute atomic E-state index is 0.106. The van der Waals surface area contributed by atoms with Crippen LogP contribution in [0.2, 0.25) is 5.02 Å². The number of benzene rings is 2. The average molecular weight is 468 g/mol. The fourth-order valence-corrected chi connectivity index (χ4v) is 3.74. The van der Waals surface area contributed by atoms with Gasteiger partial charge in [0.05, 0.1) is 16.3 Å². The van der Waals surface area contributed by atoms with Crippen LogP contribution in [0.5, 0.6) is 0 Å². The molecule has 1 fully saturated rings. The SMILES string of the molecule is CCCCC1(c2ccccc2)NC(=O)N(CC(=O)Nc2cc(C(F)(F)F)ccc2Cl)C1=O. The Morgan fingerprint density at radius 1 is 1.16 bits per heavy atom. The highest BCUT2D eigenvalue weighted by Gasteiger charge is 2.52. The van der Waals surface area contributed by atoms with Crippen molar-refractivity contribution in [1.29, 1.82) is 0 Å². The molecule has 0 radical (unpaired) electrons. The van der Waals surface area contributed by atoms with Gasteiger partial charge in [0.25, 0.3) is 5.91 Å². The highest BCUT2D eigenvalue weighted by molar-refractivity contribution is 6.33. The second-order valence-corrected chi connectivity index (χ2v) is 7.84. The molecule has 32 heavy (non-hydrogen) atoms. The lowest BCUT2D eigenvalue weighted by molar-refractivity contribution is -0.137. The topological polar surface area (TPSA) is 78.5 Å². The predicted octanol–water partition coefficient (Wildman–Crippen LogP) is 4.93. The fourth-order valence-electron chi connectivity index (χ4n) is 3.57. The molecule has 3 rings (SSSR count). The molecule has 1 atom stereocenters. The Kier molecular flexibility index (Phi) is 6.78. The summed E-state index contributed by atoms with van der Waals surface area (Å²) in [5.41, 5.74) is -1.97. The van der Waals surface area contributed by atoms with Gasteiger partial charge in [-0.3, -0.25) is 14.5 Å². The van der Waals surface area contributed by atoms with Crippen LogP contribution in [0.1, 0.15) is 37.3 Å². The zero-order valence-electron chi connectivity index (χ0n) is 17.1. The molecule has 1 aliphatic heterocycles. The number of hydrogen-bond acceptors (Lipinski definition) is 3. The first-order valence-electron chi connectivity index (χ1n) is 9.94. The Morgan fingerprint density at radius 3 is 2.47 bits per heavy atom. The molecule has 10 heteroatoms. The number of carbonyl (C=O) groups is 3. The molecule has 2 N–H and O–H groups in total. The average Bonchev–Trinajstić information content (AvgIpc) is 2.98. The van der Waals surface area contributed by atoms with Gasteiger partial charge in [0, 0.05) is 0 Å². The lowest BCUT2D eigenvalue weighted by Gasteiger charge is -2.27. The van der Waals surface area contributed by atoms with Gasteiger partial charge < -0.3 is 10.6 Å². The summed E-state index contributed by atoms with van der Waals surface area (Å²) in [6.07, 6.45) is -2.84. The van der Waals surface area contributed by atoms with Gasteiger partial charge >= 0.3 is 12.2 Å². The van der Waals surface area contributed by atoms with E-state index in [0.29, 0.717) is 24.5 Å². The molecule has 2 aromatic carbocycles. The molecular weight excluding hydrogens is 447 g/mol. The number of unbranched alkanes of at least 4 members (excludes halogenated alkanes) is 1. The number of nitrogens with one attached hydrogen (secondary N) is 2. The second kappa shape index (κ2) is 9.20. The van der Waals surface area contributed by atoms with Crippen LogP contribution in [0.25, 0.3) is 0 Å². The molecule has 1 saturated heterocycles. The zero-order valence-corrected chi connectivity index (χ0v) is 17.9.